The van der Waals surface area contributed by atoms with Crippen LogP contribution < -0.4 is 5.84 Å². The highest BCUT2D eigenvalue weighted by molar-refractivity contribution is 8.00. The largest absolute Gasteiger partial charge is 0.220 e. The summed E-state index contributed by atoms with van der Waals surface area (Å²) in [4.78, 5) is 0. The number of hydrazone groups is 1. The van der Waals surface area contributed by atoms with Gasteiger partial charge in [-0.15, -0.1) is 0 Å². The molecule has 0 radical (unpaired) electrons. The van der Waals surface area contributed by atoms with Crippen molar-refractivity contribution < 1.29 is 0 Å². The van der Waals surface area contributed by atoms with Gasteiger partial charge < -0.3 is 0 Å². The van der Waals surface area contributed by atoms with Gasteiger partial charge in [-0.25, -0.2) is 5.84 Å². The van der Waals surface area contributed by atoms with Crippen LogP contribution in [0.1, 0.15) is 5.56 Å². The zero-order valence-electron chi connectivity index (χ0n) is 6.92. The molecule has 0 aliphatic carbocycles. The Morgan fingerprint density at radius 3 is 2.62 bits per heavy atom. The number of hydrogen-bond acceptors (Lipinski definition) is 4. The summed E-state index contributed by atoms with van der Waals surface area (Å²) < 4.78 is 1.33. The minimum absolute atomic E-state index is 1.09. The van der Waals surface area contributed by atoms with Crippen molar-refractivity contribution in [3.05, 3.63) is 41.3 Å². The van der Waals surface area contributed by atoms with Crippen molar-refractivity contribution >= 4 is 23.7 Å². The van der Waals surface area contributed by atoms with Crippen molar-refractivity contribution in [1.29, 1.82) is 0 Å². The average molecular weight is 191 g/mol. The molecule has 0 fully saturated rings. The third-order valence-electron chi connectivity index (χ3n) is 1.71. The van der Waals surface area contributed by atoms with E-state index in [1.165, 1.54) is 16.5 Å². The molecule has 66 valence electrons. The Balaban J connectivity index is 2.25. The van der Waals surface area contributed by atoms with Crippen molar-refractivity contribution in [3.63, 3.8) is 0 Å². The van der Waals surface area contributed by atoms with Crippen molar-refractivity contribution in [1.82, 2.24) is 4.52 Å². The smallest absolute Gasteiger partial charge is 0.0580 e. The van der Waals surface area contributed by atoms with E-state index >= 15 is 0 Å². The highest BCUT2D eigenvalue weighted by atomic mass is 32.2. The van der Waals surface area contributed by atoms with Gasteiger partial charge in [0.2, 0.25) is 0 Å². The lowest BCUT2D eigenvalue weighted by molar-refractivity contribution is 0.541. The van der Waals surface area contributed by atoms with Crippen LogP contribution >= 0.6 is 11.9 Å². The predicted molar refractivity (Wildman–Crippen MR) is 56.5 cm³/mol. The lowest BCUT2D eigenvalue weighted by Crippen LogP contribution is -2.17. The minimum atomic E-state index is 1.09. The molecule has 0 saturated heterocycles. The van der Waals surface area contributed by atoms with Gasteiger partial charge in [0.05, 0.1) is 6.21 Å². The molecule has 13 heavy (non-hydrogen) atoms. The number of nitrogens with zero attached hydrogens (tertiary/aromatic N) is 2. The zero-order valence-corrected chi connectivity index (χ0v) is 7.74. The molecule has 0 spiro atoms. The summed E-state index contributed by atoms with van der Waals surface area (Å²) >= 11 is 1.37. The Bertz CT molecular complexity index is 345. The van der Waals surface area contributed by atoms with E-state index in [1.807, 2.05) is 35.7 Å². The molecular weight excluding hydrogens is 182 g/mol. The minimum Gasteiger partial charge on any atom is -0.220 e. The van der Waals surface area contributed by atoms with Crippen LogP contribution in [0.5, 0.6) is 0 Å². The van der Waals surface area contributed by atoms with Gasteiger partial charge in [-0.1, -0.05) is 30.3 Å². The van der Waals surface area contributed by atoms with Gasteiger partial charge in [0.15, 0.2) is 0 Å². The van der Waals surface area contributed by atoms with Crippen LogP contribution in [-0.2, 0) is 0 Å². The molecule has 0 saturated carbocycles. The summed E-state index contributed by atoms with van der Waals surface area (Å²) in [7, 11) is 0. The number of nitrogens with two attached hydrogens (primary N) is 1. The van der Waals surface area contributed by atoms with Gasteiger partial charge in [-0.2, -0.15) is 9.62 Å². The van der Waals surface area contributed by atoms with E-state index < -0.39 is 0 Å². The highest BCUT2D eigenvalue weighted by Gasteiger charge is 2.04. The van der Waals surface area contributed by atoms with Crippen molar-refractivity contribution in [2.75, 3.05) is 0 Å². The fourth-order valence-corrected chi connectivity index (χ4v) is 1.58. The molecule has 1 heterocycles. The summed E-state index contributed by atoms with van der Waals surface area (Å²) in [6.45, 7) is 0. The number of hydrogen-bond donors (Lipinski definition) is 1. The first kappa shape index (κ1) is 8.34. The lowest BCUT2D eigenvalue weighted by Gasteiger charge is -2.13. The predicted octanol–water partition coefficient (Wildman–Crippen LogP) is 1.85. The van der Waals surface area contributed by atoms with Crippen LogP contribution in [0.25, 0.3) is 5.57 Å². The first-order valence-electron chi connectivity index (χ1n) is 3.87. The number of allylic oxidation sites excluding steroid dienone is 1. The summed E-state index contributed by atoms with van der Waals surface area (Å²) in [6.07, 6.45) is 1.76. The third kappa shape index (κ3) is 1.91. The average Bonchev–Trinajstić information content (AvgIpc) is 2.20. The van der Waals surface area contributed by atoms with Gasteiger partial charge in [-0.3, -0.25) is 0 Å². The molecular formula is C9H9N3S. The van der Waals surface area contributed by atoms with Crippen LogP contribution in [0.4, 0.5) is 0 Å². The van der Waals surface area contributed by atoms with E-state index in [1.54, 1.807) is 6.21 Å². The summed E-state index contributed by atoms with van der Waals surface area (Å²) in [5, 5.41) is 5.94. The van der Waals surface area contributed by atoms with Crippen LogP contribution in [0.3, 0.4) is 0 Å². The van der Waals surface area contributed by atoms with Crippen LogP contribution in [-0.4, -0.2) is 10.7 Å². The molecule has 2 rings (SSSR count). The number of rotatable bonds is 1. The molecule has 1 aromatic carbocycles. The van der Waals surface area contributed by atoms with Gasteiger partial charge in [-0.05, 0) is 5.56 Å². The molecule has 1 aliphatic heterocycles. The second-order valence-electron chi connectivity index (χ2n) is 2.59. The molecule has 2 N–H and O–H groups in total. The van der Waals surface area contributed by atoms with E-state index in [-0.39, 0.29) is 0 Å². The van der Waals surface area contributed by atoms with Crippen molar-refractivity contribution in [2.45, 2.75) is 0 Å². The maximum atomic E-state index is 5.43. The molecule has 4 heteroatoms. The second kappa shape index (κ2) is 3.64. The van der Waals surface area contributed by atoms with Crippen LogP contribution in [0.15, 0.2) is 40.8 Å². The third-order valence-corrected chi connectivity index (χ3v) is 2.38. The van der Waals surface area contributed by atoms with Crippen molar-refractivity contribution in [3.8, 4) is 0 Å². The normalized spacial score (nSPS) is 15.8. The Labute approximate surface area is 81.0 Å². The van der Waals surface area contributed by atoms with Gasteiger partial charge in [0.25, 0.3) is 0 Å². The number of benzene rings is 1. The Kier molecular flexibility index (Phi) is 2.33. The second-order valence-corrected chi connectivity index (χ2v) is 3.41. The fourth-order valence-electron chi connectivity index (χ4n) is 1.06. The van der Waals surface area contributed by atoms with E-state index in [4.69, 9.17) is 5.84 Å². The molecule has 0 aromatic heterocycles. The molecule has 3 nitrogen and oxygen atoms in total. The van der Waals surface area contributed by atoms with Gasteiger partial charge in [0, 0.05) is 22.9 Å². The van der Waals surface area contributed by atoms with E-state index in [0.717, 1.165) is 11.1 Å². The van der Waals surface area contributed by atoms with Crippen LogP contribution in [0, 0.1) is 0 Å². The maximum absolute atomic E-state index is 5.43. The van der Waals surface area contributed by atoms with Crippen molar-refractivity contribution in [2.24, 2.45) is 10.9 Å². The monoisotopic (exact) mass is 191 g/mol. The Hall–Kier alpha value is -1.26. The number of hydrazine groups is 1. The molecule has 1 aromatic rings. The summed E-state index contributed by atoms with van der Waals surface area (Å²) in [5.41, 5.74) is 2.25. The fraction of sp³-hybridized carbons (Fsp3) is 0. The summed E-state index contributed by atoms with van der Waals surface area (Å²) in [6, 6.07) is 10.1. The van der Waals surface area contributed by atoms with E-state index in [2.05, 4.69) is 5.10 Å². The van der Waals surface area contributed by atoms with Gasteiger partial charge in [0.1, 0.15) is 0 Å². The Morgan fingerprint density at radius 1 is 1.23 bits per heavy atom. The molecule has 0 atom stereocenters. The molecule has 0 amide bonds. The van der Waals surface area contributed by atoms with E-state index in [0.29, 0.717) is 0 Å². The topological polar surface area (TPSA) is 41.6 Å². The molecule has 0 bridgehead atoms. The highest BCUT2D eigenvalue weighted by Crippen LogP contribution is 2.21. The Morgan fingerprint density at radius 2 is 2.00 bits per heavy atom. The SMILES string of the molecule is NN1N=CC(c2ccccc2)=CS1. The zero-order chi connectivity index (χ0) is 9.10. The summed E-state index contributed by atoms with van der Waals surface area (Å²) in [5.74, 6) is 5.43. The quantitative estimate of drug-likeness (QED) is 0.544. The van der Waals surface area contributed by atoms with Crippen LogP contribution in [0.2, 0.25) is 0 Å². The molecule has 0 unspecified atom stereocenters. The first-order valence-corrected chi connectivity index (χ1v) is 4.71. The van der Waals surface area contributed by atoms with E-state index in [9.17, 15) is 0 Å². The standard InChI is InChI=1S/C9H9N3S/c10-12-11-6-9(7-13-12)8-4-2-1-3-5-8/h1-7H,10H2. The van der Waals surface area contributed by atoms with Gasteiger partial charge >= 0.3 is 0 Å². The molecule has 1 aliphatic rings. The first-order chi connectivity index (χ1) is 6.36. The lowest BCUT2D eigenvalue weighted by atomic mass is 10.1. The maximum Gasteiger partial charge on any atom is 0.0580 e.